The number of benzene rings is 1. The third-order valence-corrected chi connectivity index (χ3v) is 10.2. The van der Waals surface area contributed by atoms with E-state index in [1.54, 1.807) is 0 Å². The molecule has 3 aromatic rings. The van der Waals surface area contributed by atoms with Crippen LogP contribution in [0.5, 0.6) is 11.5 Å². The van der Waals surface area contributed by atoms with Crippen LogP contribution in [-0.4, -0.2) is 71.7 Å². The van der Waals surface area contributed by atoms with Crippen LogP contribution in [0.15, 0.2) is 49.0 Å². The van der Waals surface area contributed by atoms with Gasteiger partial charge in [0.2, 0.25) is 0 Å². The van der Waals surface area contributed by atoms with Gasteiger partial charge in [0.25, 0.3) is 11.8 Å². The Morgan fingerprint density at radius 3 is 2.62 bits per heavy atom. The van der Waals surface area contributed by atoms with Gasteiger partial charge in [0.05, 0.1) is 15.9 Å². The monoisotopic (exact) mass is 629 g/mol. The average Bonchev–Trinajstić information content (AvgIpc) is 3.32. The van der Waals surface area contributed by atoms with Crippen molar-refractivity contribution < 1.29 is 64.5 Å². The van der Waals surface area contributed by atoms with Crippen molar-refractivity contribution in [2.24, 2.45) is 5.16 Å². The number of aromatic nitrogens is 1. The van der Waals surface area contributed by atoms with E-state index in [1.807, 2.05) is 0 Å². The van der Waals surface area contributed by atoms with Crippen molar-refractivity contribution in [3.8, 4) is 11.5 Å². The van der Waals surface area contributed by atoms with Gasteiger partial charge in [-0.2, -0.15) is 0 Å². The quantitative estimate of drug-likeness (QED) is 0.0338. The fourth-order valence-electron chi connectivity index (χ4n) is 3.99. The third kappa shape index (κ3) is 5.54. The number of hydrogen-bond donors (Lipinski definition) is 5. The van der Waals surface area contributed by atoms with E-state index >= 15 is 0 Å². The van der Waals surface area contributed by atoms with E-state index < -0.39 is 40.7 Å². The first-order valence-corrected chi connectivity index (χ1v) is 14.6. The number of nitrogens with zero attached hydrogens (tertiary/aromatic N) is 3. The van der Waals surface area contributed by atoms with E-state index in [0.717, 1.165) is 16.2 Å². The molecule has 0 saturated carbocycles. The molecule has 2 amide bonds. The molecule has 2 aliphatic heterocycles. The van der Waals surface area contributed by atoms with Crippen LogP contribution in [0.1, 0.15) is 5.69 Å². The smallest absolute Gasteiger partial charge is 0.543 e. The number of thiazole rings is 1. The number of nitrogens with two attached hydrogens (primary N) is 1. The Morgan fingerprint density at radius 2 is 1.98 bits per heavy atom. The molecule has 2 aliphatic rings. The van der Waals surface area contributed by atoms with Gasteiger partial charge in [-0.15, -0.1) is 46.2 Å². The molecule has 1 saturated heterocycles. The minimum Gasteiger partial charge on any atom is -0.543 e. The second-order valence-corrected chi connectivity index (χ2v) is 12.5. The topological polar surface area (TPSA) is 219 Å². The molecule has 13 nitrogen and oxygen atoms in total. The molecule has 2 atom stereocenters. The zero-order valence-corrected chi connectivity index (χ0v) is 25.6. The van der Waals surface area contributed by atoms with Crippen molar-refractivity contribution in [3.05, 3.63) is 50.8 Å². The SMILES string of the molecule is Nc1nc(/C(=N/O)C(=O)N[C@@H]2C(=O)N3C(C(=O)[O-])=C(CSc4cc(=O)c5cc(O)c(O)cc5s4)CS[C@H]23)cs1.[Na+]. The minimum absolute atomic E-state index is 0. The summed E-state index contributed by atoms with van der Waals surface area (Å²) in [5.74, 6) is -3.57. The van der Waals surface area contributed by atoms with Crippen LogP contribution in [-0.2, 0) is 14.4 Å². The van der Waals surface area contributed by atoms with Gasteiger partial charge in [-0.25, -0.2) is 4.98 Å². The summed E-state index contributed by atoms with van der Waals surface area (Å²) in [6.07, 6.45) is 0. The Hall–Kier alpha value is -2.80. The molecule has 0 aliphatic carbocycles. The fraction of sp³-hybridized carbons (Fsp3) is 0.182. The van der Waals surface area contributed by atoms with E-state index in [-0.39, 0.29) is 74.2 Å². The van der Waals surface area contributed by atoms with E-state index in [0.29, 0.717) is 14.5 Å². The number of hydrogen-bond acceptors (Lipinski definition) is 15. The van der Waals surface area contributed by atoms with Gasteiger partial charge in [0.1, 0.15) is 17.1 Å². The number of fused-ring (bicyclic) bond motifs is 2. The van der Waals surface area contributed by atoms with Crippen molar-refractivity contribution in [1.29, 1.82) is 0 Å². The van der Waals surface area contributed by atoms with Crippen molar-refractivity contribution in [2.75, 3.05) is 17.2 Å². The Kier molecular flexibility index (Phi) is 9.03. The van der Waals surface area contributed by atoms with Gasteiger partial charge in [-0.1, -0.05) is 5.16 Å². The van der Waals surface area contributed by atoms with E-state index in [9.17, 15) is 39.7 Å². The van der Waals surface area contributed by atoms with Gasteiger partial charge in [-0.05, 0) is 11.6 Å². The normalized spacial score (nSPS) is 18.6. The Balaban J connectivity index is 0.00000370. The summed E-state index contributed by atoms with van der Waals surface area (Å²) in [6.45, 7) is 0. The van der Waals surface area contributed by atoms with Crippen LogP contribution >= 0.6 is 46.2 Å². The molecule has 202 valence electrons. The molecule has 1 aromatic carbocycles. The first kappa shape index (κ1) is 30.2. The summed E-state index contributed by atoms with van der Waals surface area (Å²) in [6, 6.07) is 2.73. The Morgan fingerprint density at radius 1 is 1.25 bits per heavy atom. The molecule has 1 fully saturated rings. The third-order valence-electron chi connectivity index (χ3n) is 5.80. The molecule has 0 spiro atoms. The zero-order valence-electron chi connectivity index (χ0n) is 20.3. The summed E-state index contributed by atoms with van der Waals surface area (Å²) in [7, 11) is 0. The van der Waals surface area contributed by atoms with Crippen molar-refractivity contribution in [2.45, 2.75) is 15.6 Å². The largest absolute Gasteiger partial charge is 1.00 e. The van der Waals surface area contributed by atoms with Crippen LogP contribution in [0.2, 0.25) is 0 Å². The number of carboxylic acids is 1. The maximum atomic E-state index is 12.9. The van der Waals surface area contributed by atoms with Gasteiger partial charge in [-0.3, -0.25) is 19.3 Å². The van der Waals surface area contributed by atoms with E-state index in [4.69, 9.17) is 5.73 Å². The van der Waals surface area contributed by atoms with Gasteiger partial charge >= 0.3 is 29.6 Å². The first-order valence-electron chi connectivity index (χ1n) is 10.8. The van der Waals surface area contributed by atoms with Crippen LogP contribution in [0, 0.1) is 0 Å². The number of oxime groups is 1. The zero-order chi connectivity index (χ0) is 28.0. The molecule has 6 N–H and O–H groups in total. The van der Waals surface area contributed by atoms with Crippen LogP contribution in [0.3, 0.4) is 0 Å². The van der Waals surface area contributed by atoms with Crippen LogP contribution in [0.25, 0.3) is 10.1 Å². The van der Waals surface area contributed by atoms with E-state index in [2.05, 4.69) is 15.5 Å². The number of phenols is 2. The summed E-state index contributed by atoms with van der Waals surface area (Å²) in [5, 5.41) is 47.2. The molecule has 0 bridgehead atoms. The summed E-state index contributed by atoms with van der Waals surface area (Å²) >= 11 is 4.62. The van der Waals surface area contributed by atoms with Gasteiger partial charge < -0.3 is 36.4 Å². The maximum Gasteiger partial charge on any atom is 1.00 e. The number of nitrogens with one attached hydrogen (secondary N) is 1. The van der Waals surface area contributed by atoms with Crippen molar-refractivity contribution >= 4 is 84.9 Å². The molecular formula is C22H16N5NaO8S4. The summed E-state index contributed by atoms with van der Waals surface area (Å²) in [4.78, 5) is 55.0. The molecule has 0 radical (unpaired) electrons. The number of carboxylic acid groups (broad SMARTS) is 1. The standard InChI is InChI=1S/C22H17N5O8S4.Na/c23-22-24-9(6-38-22)15(26-35)18(31)25-16-19(32)27-17(21(33)34)7(5-37-20(16)27)4-36-14-3-10(28)8-1-11(29)12(30)2-13(8)39-14;/h1-3,6,16,20,29-30,35H,4-5H2,(H2,23,24)(H,25,31)(H,33,34);/q;+1/p-1/b26-15-;/t16-,20-;/m1./s1. The predicted molar refractivity (Wildman–Crippen MR) is 144 cm³/mol. The molecule has 5 rings (SSSR count). The van der Waals surface area contributed by atoms with Crippen molar-refractivity contribution in [3.63, 3.8) is 0 Å². The molecule has 18 heteroatoms. The second kappa shape index (κ2) is 12.0. The summed E-state index contributed by atoms with van der Waals surface area (Å²) < 4.78 is 0.976. The van der Waals surface area contributed by atoms with Gasteiger partial charge in [0, 0.05) is 39.1 Å². The number of phenolic OH excluding ortho intramolecular Hbond substituents is 2. The molecule has 4 heterocycles. The van der Waals surface area contributed by atoms with Crippen molar-refractivity contribution in [1.82, 2.24) is 15.2 Å². The molecular weight excluding hydrogens is 614 g/mol. The number of anilines is 1. The number of β-lactam (4-membered cyclic amide) rings is 1. The number of nitrogen functional groups attached to an aromatic ring is 1. The minimum atomic E-state index is -1.56. The second-order valence-electron chi connectivity index (χ2n) is 8.18. The predicted octanol–water partition coefficient (Wildman–Crippen LogP) is -2.91. The number of aromatic hydroxyl groups is 2. The number of amides is 2. The average molecular weight is 630 g/mol. The maximum absolute atomic E-state index is 12.9. The van der Waals surface area contributed by atoms with Crippen LogP contribution in [0.4, 0.5) is 5.13 Å². The fourth-order valence-corrected chi connectivity index (χ4v) is 8.26. The first-order chi connectivity index (χ1) is 18.6. The number of carbonyl (C=O) groups is 3. The Bertz CT molecular complexity index is 1670. The molecule has 2 aromatic heterocycles. The number of rotatable bonds is 7. The van der Waals surface area contributed by atoms with E-state index in [1.165, 1.54) is 58.4 Å². The number of carbonyl (C=O) groups excluding carboxylic acids is 3. The number of thioether (sulfide) groups is 2. The Labute approximate surface area is 263 Å². The van der Waals surface area contributed by atoms with Gasteiger partial charge in [0.15, 0.2) is 27.8 Å². The summed E-state index contributed by atoms with van der Waals surface area (Å²) in [5.41, 5.74) is 4.84. The van der Waals surface area contributed by atoms with Crippen LogP contribution < -0.4 is 51.1 Å². The number of aliphatic carboxylic acids is 1. The molecule has 0 unspecified atom stereocenters. The molecule has 40 heavy (non-hydrogen) atoms.